The van der Waals surface area contributed by atoms with E-state index in [-0.39, 0.29) is 17.0 Å². The first-order valence-electron chi connectivity index (χ1n) is 9.15. The van der Waals surface area contributed by atoms with Crippen LogP contribution >= 0.6 is 0 Å². The van der Waals surface area contributed by atoms with E-state index in [2.05, 4.69) is 20.6 Å². The zero-order valence-electron chi connectivity index (χ0n) is 16.7. The van der Waals surface area contributed by atoms with Gasteiger partial charge in [0.15, 0.2) is 0 Å². The highest BCUT2D eigenvalue weighted by molar-refractivity contribution is 5.96. The maximum atomic E-state index is 12.7. The number of nitrogens with zero attached hydrogens (tertiary/aromatic N) is 2. The minimum Gasteiger partial charge on any atom is -0.480 e. The number of hydrogen-bond donors (Lipinski definition) is 3. The number of carboxylic acid groups (broad SMARTS) is 1. The van der Waals surface area contributed by atoms with Crippen LogP contribution in [-0.4, -0.2) is 44.9 Å². The van der Waals surface area contributed by atoms with Gasteiger partial charge in [0, 0.05) is 12.4 Å². The Morgan fingerprint density at radius 1 is 1.19 bits per heavy atom. The molecule has 2 amide bonds. The highest BCUT2D eigenvalue weighted by Gasteiger charge is 2.30. The van der Waals surface area contributed by atoms with Crippen molar-refractivity contribution in [3.8, 4) is 0 Å². The van der Waals surface area contributed by atoms with E-state index in [4.69, 9.17) is 0 Å². The van der Waals surface area contributed by atoms with Gasteiger partial charge in [0.2, 0.25) is 5.91 Å². The van der Waals surface area contributed by atoms with Crippen molar-refractivity contribution in [3.63, 3.8) is 0 Å². The molecule has 1 aromatic heterocycles. The molecular formula is C19H30N4O4. The van der Waals surface area contributed by atoms with Crippen LogP contribution in [0.4, 0.5) is 0 Å². The monoisotopic (exact) mass is 378 g/mol. The van der Waals surface area contributed by atoms with Gasteiger partial charge in [-0.3, -0.25) is 14.6 Å². The fourth-order valence-electron chi connectivity index (χ4n) is 2.43. The molecule has 1 heterocycles. The Labute approximate surface area is 160 Å². The zero-order chi connectivity index (χ0) is 20.6. The predicted octanol–water partition coefficient (Wildman–Crippen LogP) is 2.02. The second kappa shape index (κ2) is 9.99. The van der Waals surface area contributed by atoms with Gasteiger partial charge in [-0.25, -0.2) is 9.78 Å². The van der Waals surface area contributed by atoms with Gasteiger partial charge in [-0.05, 0) is 24.2 Å². The van der Waals surface area contributed by atoms with E-state index >= 15 is 0 Å². The molecule has 0 spiro atoms. The molecule has 1 unspecified atom stereocenters. The Kier molecular flexibility index (Phi) is 8.33. The van der Waals surface area contributed by atoms with Crippen LogP contribution in [-0.2, 0) is 9.59 Å². The third kappa shape index (κ3) is 7.72. The van der Waals surface area contributed by atoms with E-state index in [1.807, 2.05) is 34.6 Å². The number of nitrogens with one attached hydrogen (secondary N) is 2. The number of aromatic nitrogens is 2. The van der Waals surface area contributed by atoms with Gasteiger partial charge >= 0.3 is 5.97 Å². The van der Waals surface area contributed by atoms with Crippen LogP contribution in [0.15, 0.2) is 18.6 Å². The van der Waals surface area contributed by atoms with Crippen molar-refractivity contribution in [1.82, 2.24) is 20.6 Å². The lowest BCUT2D eigenvalue weighted by molar-refractivity contribution is -0.142. The van der Waals surface area contributed by atoms with Crippen LogP contribution < -0.4 is 10.6 Å². The van der Waals surface area contributed by atoms with E-state index < -0.39 is 29.9 Å². The number of aliphatic carboxylic acids is 1. The van der Waals surface area contributed by atoms with Crippen molar-refractivity contribution < 1.29 is 19.5 Å². The number of hydrogen-bond acceptors (Lipinski definition) is 5. The molecule has 0 radical (unpaired) electrons. The molecule has 150 valence electrons. The average Bonchev–Trinajstić information content (AvgIpc) is 2.61. The number of rotatable bonds is 9. The van der Waals surface area contributed by atoms with Crippen molar-refractivity contribution in [1.29, 1.82) is 0 Å². The first kappa shape index (κ1) is 22.5. The van der Waals surface area contributed by atoms with E-state index in [1.54, 1.807) is 0 Å². The Bertz CT molecular complexity index is 643. The average molecular weight is 378 g/mol. The van der Waals surface area contributed by atoms with Gasteiger partial charge in [-0.1, -0.05) is 41.0 Å². The maximum absolute atomic E-state index is 12.7. The second-order valence-corrected chi connectivity index (χ2v) is 7.93. The maximum Gasteiger partial charge on any atom is 0.326 e. The Hall–Kier alpha value is -2.51. The summed E-state index contributed by atoms with van der Waals surface area (Å²) >= 11 is 0. The molecule has 0 fully saturated rings. The molecule has 1 rings (SSSR count). The molecular weight excluding hydrogens is 348 g/mol. The first-order valence-corrected chi connectivity index (χ1v) is 9.15. The van der Waals surface area contributed by atoms with Crippen molar-refractivity contribution >= 4 is 17.8 Å². The third-order valence-electron chi connectivity index (χ3n) is 4.38. The van der Waals surface area contributed by atoms with E-state index in [9.17, 15) is 19.5 Å². The largest absolute Gasteiger partial charge is 0.480 e. The molecule has 3 N–H and O–H groups in total. The second-order valence-electron chi connectivity index (χ2n) is 7.93. The van der Waals surface area contributed by atoms with Gasteiger partial charge in [-0.2, -0.15) is 0 Å². The Morgan fingerprint density at radius 3 is 2.33 bits per heavy atom. The molecule has 1 aromatic rings. The van der Waals surface area contributed by atoms with Crippen LogP contribution in [0.2, 0.25) is 0 Å². The molecule has 0 aliphatic rings. The van der Waals surface area contributed by atoms with Crippen LogP contribution in [0.25, 0.3) is 0 Å². The van der Waals surface area contributed by atoms with E-state index in [1.165, 1.54) is 18.6 Å². The molecule has 8 heteroatoms. The number of carboxylic acids is 1. The SMILES string of the molecule is CC[C@H](C)[C@H](NC(=O)c1cnccn1)C(=O)NC(CCC(C)(C)C)C(=O)O. The fraction of sp³-hybridized carbons (Fsp3) is 0.632. The summed E-state index contributed by atoms with van der Waals surface area (Å²) in [6, 6.07) is -1.86. The summed E-state index contributed by atoms with van der Waals surface area (Å²) in [5.74, 6) is -2.30. The summed E-state index contributed by atoms with van der Waals surface area (Å²) in [7, 11) is 0. The Balaban J connectivity index is 2.87. The standard InChI is InChI=1S/C19H30N4O4/c1-6-12(2)15(23-16(24)14-11-20-9-10-21-14)17(25)22-13(18(26)27)7-8-19(3,4)5/h9-13,15H,6-8H2,1-5H3,(H,22,25)(H,23,24)(H,26,27)/t12-,13?,15-/m0/s1. The van der Waals surface area contributed by atoms with Crippen molar-refractivity contribution in [2.45, 2.75) is 66.0 Å². The predicted molar refractivity (Wildman–Crippen MR) is 101 cm³/mol. The highest BCUT2D eigenvalue weighted by Crippen LogP contribution is 2.22. The molecule has 8 nitrogen and oxygen atoms in total. The molecule has 0 aliphatic heterocycles. The zero-order valence-corrected chi connectivity index (χ0v) is 16.7. The Morgan fingerprint density at radius 2 is 1.85 bits per heavy atom. The summed E-state index contributed by atoms with van der Waals surface area (Å²) in [5.41, 5.74) is 0.0514. The van der Waals surface area contributed by atoms with Crippen molar-refractivity contribution in [3.05, 3.63) is 24.3 Å². The highest BCUT2D eigenvalue weighted by atomic mass is 16.4. The van der Waals surface area contributed by atoms with E-state index in [0.717, 1.165) is 0 Å². The quantitative estimate of drug-likeness (QED) is 0.604. The van der Waals surface area contributed by atoms with E-state index in [0.29, 0.717) is 19.3 Å². The van der Waals surface area contributed by atoms with Gasteiger partial charge in [0.1, 0.15) is 17.8 Å². The van der Waals surface area contributed by atoms with Crippen LogP contribution in [0.5, 0.6) is 0 Å². The lowest BCUT2D eigenvalue weighted by Gasteiger charge is -2.26. The molecule has 0 saturated heterocycles. The van der Waals surface area contributed by atoms with Gasteiger partial charge in [0.05, 0.1) is 6.20 Å². The third-order valence-corrected chi connectivity index (χ3v) is 4.38. The molecule has 0 aromatic carbocycles. The normalized spacial score (nSPS) is 14.7. The molecule has 27 heavy (non-hydrogen) atoms. The smallest absolute Gasteiger partial charge is 0.326 e. The molecule has 0 aliphatic carbocycles. The number of carbonyl (C=O) groups excluding carboxylic acids is 2. The van der Waals surface area contributed by atoms with Crippen molar-refractivity contribution in [2.75, 3.05) is 0 Å². The lowest BCUT2D eigenvalue weighted by atomic mass is 9.88. The first-order chi connectivity index (χ1) is 12.5. The van der Waals surface area contributed by atoms with Gasteiger partial charge in [0.25, 0.3) is 5.91 Å². The van der Waals surface area contributed by atoms with Gasteiger partial charge < -0.3 is 15.7 Å². The van der Waals surface area contributed by atoms with Crippen molar-refractivity contribution in [2.24, 2.45) is 11.3 Å². The fourth-order valence-corrected chi connectivity index (χ4v) is 2.43. The summed E-state index contributed by atoms with van der Waals surface area (Å²) in [4.78, 5) is 44.4. The summed E-state index contributed by atoms with van der Waals surface area (Å²) in [6.45, 7) is 9.75. The number of amides is 2. The summed E-state index contributed by atoms with van der Waals surface area (Å²) in [6.07, 6.45) is 5.74. The van der Waals surface area contributed by atoms with Gasteiger partial charge in [-0.15, -0.1) is 0 Å². The summed E-state index contributed by atoms with van der Waals surface area (Å²) < 4.78 is 0. The molecule has 3 atom stereocenters. The van der Waals surface area contributed by atoms with Crippen LogP contribution in [0, 0.1) is 11.3 Å². The molecule has 0 bridgehead atoms. The van der Waals surface area contributed by atoms with Crippen LogP contribution in [0.1, 0.15) is 64.4 Å². The minimum absolute atomic E-state index is 0.0469. The number of carbonyl (C=O) groups is 3. The lowest BCUT2D eigenvalue weighted by Crippen LogP contribution is -2.54. The topological polar surface area (TPSA) is 121 Å². The molecule has 0 saturated carbocycles. The summed E-state index contributed by atoms with van der Waals surface area (Å²) in [5, 5.41) is 14.7. The minimum atomic E-state index is -1.09. The van der Waals surface area contributed by atoms with Crippen LogP contribution in [0.3, 0.4) is 0 Å².